The molecule has 6 heteroatoms. The first-order valence-electron chi connectivity index (χ1n) is 5.43. The van der Waals surface area contributed by atoms with Crippen LogP contribution in [0.5, 0.6) is 0 Å². The summed E-state index contributed by atoms with van der Waals surface area (Å²) in [6, 6.07) is 1.97. The highest BCUT2D eigenvalue weighted by Gasteiger charge is 2.20. The van der Waals surface area contributed by atoms with Gasteiger partial charge in [-0.05, 0) is 48.3 Å². The van der Waals surface area contributed by atoms with Gasteiger partial charge in [0.15, 0.2) is 0 Å². The number of hydrogen-bond acceptors (Lipinski definition) is 5. The van der Waals surface area contributed by atoms with Crippen molar-refractivity contribution in [2.24, 2.45) is 0 Å². The zero-order chi connectivity index (χ0) is 13.3. The summed E-state index contributed by atoms with van der Waals surface area (Å²) in [5, 5.41) is 0. The second-order valence-electron chi connectivity index (χ2n) is 3.72. The fourth-order valence-electron chi connectivity index (χ4n) is 1.45. The van der Waals surface area contributed by atoms with Crippen molar-refractivity contribution in [2.75, 3.05) is 6.61 Å². The smallest absolute Gasteiger partial charge is 0.376 e. The van der Waals surface area contributed by atoms with E-state index in [2.05, 4.69) is 20.9 Å². The molecule has 0 aliphatic carbocycles. The zero-order valence-electron chi connectivity index (χ0n) is 10.2. The van der Waals surface area contributed by atoms with Crippen LogP contribution in [0.3, 0.4) is 0 Å². The number of nitrogens with zero attached hydrogens (tertiary/aromatic N) is 1. The van der Waals surface area contributed by atoms with Crippen molar-refractivity contribution in [3.05, 3.63) is 26.9 Å². The van der Waals surface area contributed by atoms with Crippen molar-refractivity contribution < 1.29 is 13.9 Å². The van der Waals surface area contributed by atoms with Crippen LogP contribution in [0.15, 0.2) is 14.3 Å². The molecule has 0 spiro atoms. The molecule has 0 N–H and O–H groups in total. The topological polar surface area (TPSA) is 52.3 Å². The van der Waals surface area contributed by atoms with Crippen molar-refractivity contribution in [2.45, 2.75) is 20.8 Å². The third-order valence-corrected chi connectivity index (χ3v) is 4.45. The van der Waals surface area contributed by atoms with E-state index in [1.165, 1.54) is 11.3 Å². The van der Waals surface area contributed by atoms with E-state index < -0.39 is 5.97 Å². The predicted octanol–water partition coefficient (Wildman–Crippen LogP) is 3.96. The van der Waals surface area contributed by atoms with Gasteiger partial charge >= 0.3 is 5.97 Å². The Labute approximate surface area is 117 Å². The monoisotopic (exact) mass is 329 g/mol. The molecule has 2 aromatic heterocycles. The minimum Gasteiger partial charge on any atom is -0.460 e. The highest BCUT2D eigenvalue weighted by molar-refractivity contribution is 9.11. The molecule has 2 rings (SSSR count). The van der Waals surface area contributed by atoms with Crippen molar-refractivity contribution >= 4 is 33.2 Å². The van der Waals surface area contributed by atoms with E-state index >= 15 is 0 Å². The molecule has 0 bridgehead atoms. The molecule has 0 saturated heterocycles. The van der Waals surface area contributed by atoms with Crippen molar-refractivity contribution in [1.82, 2.24) is 4.98 Å². The highest BCUT2D eigenvalue weighted by Crippen LogP contribution is 2.35. The van der Waals surface area contributed by atoms with Crippen LogP contribution in [-0.4, -0.2) is 17.6 Å². The molecule has 0 aliphatic heterocycles. The number of rotatable bonds is 3. The van der Waals surface area contributed by atoms with Gasteiger partial charge in [-0.25, -0.2) is 9.78 Å². The summed E-state index contributed by atoms with van der Waals surface area (Å²) in [5.41, 5.74) is 1.66. The van der Waals surface area contributed by atoms with E-state index in [1.807, 2.05) is 13.0 Å². The van der Waals surface area contributed by atoms with Crippen molar-refractivity contribution in [1.29, 1.82) is 0 Å². The number of thiophene rings is 1. The molecule has 4 nitrogen and oxygen atoms in total. The van der Waals surface area contributed by atoms with Gasteiger partial charge in [0.05, 0.1) is 21.0 Å². The average Bonchev–Trinajstić information content (AvgIpc) is 2.84. The number of carbonyl (C=O) groups is 1. The predicted molar refractivity (Wildman–Crippen MR) is 72.9 cm³/mol. The summed E-state index contributed by atoms with van der Waals surface area (Å²) in [4.78, 5) is 16.8. The minimum atomic E-state index is -0.471. The SMILES string of the molecule is CCOC(=O)c1oc(-c2cc(C)c(Br)s2)nc1C. The van der Waals surface area contributed by atoms with Crippen LogP contribution in [0.4, 0.5) is 0 Å². The highest BCUT2D eigenvalue weighted by atomic mass is 79.9. The fourth-order valence-corrected chi connectivity index (χ4v) is 2.91. The van der Waals surface area contributed by atoms with Gasteiger partial charge in [-0.2, -0.15) is 0 Å². The molecule has 96 valence electrons. The Morgan fingerprint density at radius 1 is 1.56 bits per heavy atom. The average molecular weight is 330 g/mol. The van der Waals surface area contributed by atoms with E-state index in [1.54, 1.807) is 13.8 Å². The molecule has 18 heavy (non-hydrogen) atoms. The van der Waals surface area contributed by atoms with Crippen molar-refractivity contribution in [3.8, 4) is 10.8 Å². The van der Waals surface area contributed by atoms with Crippen LogP contribution in [0, 0.1) is 13.8 Å². The normalized spacial score (nSPS) is 10.7. The van der Waals surface area contributed by atoms with Crippen LogP contribution < -0.4 is 0 Å². The van der Waals surface area contributed by atoms with Gasteiger partial charge in [0.2, 0.25) is 11.7 Å². The molecule has 0 unspecified atom stereocenters. The molecule has 0 aliphatic rings. The molecule has 0 radical (unpaired) electrons. The largest absolute Gasteiger partial charge is 0.460 e. The second kappa shape index (κ2) is 5.24. The molecule has 0 atom stereocenters. The van der Waals surface area contributed by atoms with E-state index in [0.717, 1.165) is 14.2 Å². The van der Waals surface area contributed by atoms with Crippen LogP contribution in [0.1, 0.15) is 28.7 Å². The Kier molecular flexibility index (Phi) is 3.87. The second-order valence-corrected chi connectivity index (χ2v) is 6.09. The number of hydrogen-bond donors (Lipinski definition) is 0. The van der Waals surface area contributed by atoms with Gasteiger partial charge in [-0.15, -0.1) is 11.3 Å². The Morgan fingerprint density at radius 2 is 2.28 bits per heavy atom. The summed E-state index contributed by atoms with van der Waals surface area (Å²) in [5.74, 6) is 0.157. The molecule has 0 fully saturated rings. The summed E-state index contributed by atoms with van der Waals surface area (Å²) in [7, 11) is 0. The first-order chi connectivity index (χ1) is 8.52. The van der Waals surface area contributed by atoms with Gasteiger partial charge in [0.1, 0.15) is 0 Å². The first kappa shape index (κ1) is 13.3. The number of esters is 1. The third-order valence-electron chi connectivity index (χ3n) is 2.33. The number of ether oxygens (including phenoxy) is 1. The Bertz CT molecular complexity index is 569. The lowest BCUT2D eigenvalue weighted by Crippen LogP contribution is -2.04. The quantitative estimate of drug-likeness (QED) is 0.800. The van der Waals surface area contributed by atoms with Gasteiger partial charge in [0.25, 0.3) is 0 Å². The molecule has 0 aromatic carbocycles. The summed E-state index contributed by atoms with van der Waals surface area (Å²) < 4.78 is 11.4. The minimum absolute atomic E-state index is 0.175. The van der Waals surface area contributed by atoms with E-state index in [9.17, 15) is 4.79 Å². The summed E-state index contributed by atoms with van der Waals surface area (Å²) in [6.07, 6.45) is 0. The summed E-state index contributed by atoms with van der Waals surface area (Å²) in [6.45, 7) is 5.79. The molecular weight excluding hydrogens is 318 g/mol. The maximum Gasteiger partial charge on any atom is 0.376 e. The fraction of sp³-hybridized carbons (Fsp3) is 0.333. The van der Waals surface area contributed by atoms with Gasteiger partial charge in [0, 0.05) is 0 Å². The number of oxazole rings is 1. The standard InChI is InChI=1S/C12H12BrNO3S/c1-4-16-12(15)9-7(3)14-11(17-9)8-5-6(2)10(13)18-8/h5H,4H2,1-3H3. The summed E-state index contributed by atoms with van der Waals surface area (Å²) >= 11 is 4.97. The number of carbonyl (C=O) groups excluding carboxylic acids is 1. The number of halogens is 1. The Morgan fingerprint density at radius 3 is 2.83 bits per heavy atom. The Hall–Kier alpha value is -1.14. The van der Waals surface area contributed by atoms with Crippen LogP contribution in [0.2, 0.25) is 0 Å². The van der Waals surface area contributed by atoms with E-state index in [0.29, 0.717) is 18.2 Å². The lowest BCUT2D eigenvalue weighted by atomic mass is 10.3. The molecular formula is C12H12BrNO3S. The Balaban J connectivity index is 2.36. The van der Waals surface area contributed by atoms with Crippen LogP contribution in [-0.2, 0) is 4.74 Å². The molecule has 0 amide bonds. The first-order valence-corrected chi connectivity index (χ1v) is 7.04. The maximum atomic E-state index is 11.6. The van der Waals surface area contributed by atoms with Crippen LogP contribution in [0.25, 0.3) is 10.8 Å². The van der Waals surface area contributed by atoms with Gasteiger partial charge in [-0.3, -0.25) is 0 Å². The molecule has 2 aromatic rings. The van der Waals surface area contributed by atoms with E-state index in [-0.39, 0.29) is 5.76 Å². The lowest BCUT2D eigenvalue weighted by Gasteiger charge is -1.96. The lowest BCUT2D eigenvalue weighted by molar-refractivity contribution is 0.0490. The molecule has 2 heterocycles. The molecule has 0 saturated carbocycles. The van der Waals surface area contributed by atoms with Gasteiger partial charge < -0.3 is 9.15 Å². The van der Waals surface area contributed by atoms with Crippen LogP contribution >= 0.6 is 27.3 Å². The van der Waals surface area contributed by atoms with Crippen molar-refractivity contribution in [3.63, 3.8) is 0 Å². The maximum absolute atomic E-state index is 11.6. The number of aryl methyl sites for hydroxylation is 2. The van der Waals surface area contributed by atoms with E-state index in [4.69, 9.17) is 9.15 Å². The third kappa shape index (κ3) is 2.49. The number of aromatic nitrogens is 1. The zero-order valence-corrected chi connectivity index (χ0v) is 12.6. The van der Waals surface area contributed by atoms with Gasteiger partial charge in [-0.1, -0.05) is 0 Å².